The van der Waals surface area contributed by atoms with Gasteiger partial charge in [0.2, 0.25) is 6.41 Å². The van der Waals surface area contributed by atoms with Gasteiger partial charge in [0, 0.05) is 0 Å². The van der Waals surface area contributed by atoms with Gasteiger partial charge in [-0.3, -0.25) is 4.79 Å². The summed E-state index contributed by atoms with van der Waals surface area (Å²) >= 11 is 0. The molecule has 0 fully saturated rings. The molecule has 1 rings (SSSR count). The lowest BCUT2D eigenvalue weighted by Crippen LogP contribution is -2.35. The molecule has 0 bridgehead atoms. The Morgan fingerprint density at radius 2 is 1.88 bits per heavy atom. The van der Waals surface area contributed by atoms with E-state index in [0.717, 1.165) is 10.5 Å². The average Bonchev–Trinajstić information content (AvgIpc) is 2.24. The fraction of sp³-hybridized carbons (Fsp3) is 0.385. The van der Waals surface area contributed by atoms with Gasteiger partial charge in [0.05, 0.1) is 6.54 Å². The zero-order chi connectivity index (χ0) is 12.9. The first-order chi connectivity index (χ1) is 7.92. The molecular weight excluding hydrogens is 218 g/mol. The van der Waals surface area contributed by atoms with Crippen molar-refractivity contribution >= 4 is 12.5 Å². The van der Waals surface area contributed by atoms with Gasteiger partial charge in [-0.1, -0.05) is 30.3 Å². The summed E-state index contributed by atoms with van der Waals surface area (Å²) < 4.78 is 5.12. The van der Waals surface area contributed by atoms with E-state index in [1.54, 1.807) is 20.8 Å². The van der Waals surface area contributed by atoms with Crippen LogP contribution in [0.5, 0.6) is 0 Å². The molecule has 0 N–H and O–H groups in total. The molecule has 1 aromatic rings. The van der Waals surface area contributed by atoms with E-state index in [-0.39, 0.29) is 6.54 Å². The van der Waals surface area contributed by atoms with Crippen LogP contribution < -0.4 is 0 Å². The number of benzene rings is 1. The third-order valence-electron chi connectivity index (χ3n) is 1.95. The molecule has 4 nitrogen and oxygen atoms in total. The number of amides is 2. The number of ether oxygens (including phenoxy) is 1. The summed E-state index contributed by atoms with van der Waals surface area (Å²) in [5.74, 6) is 0. The molecule has 0 saturated heterocycles. The van der Waals surface area contributed by atoms with Crippen molar-refractivity contribution in [3.8, 4) is 0 Å². The van der Waals surface area contributed by atoms with Crippen LogP contribution in [0, 0.1) is 0 Å². The summed E-state index contributed by atoms with van der Waals surface area (Å²) in [4.78, 5) is 23.5. The molecule has 92 valence electrons. The molecule has 4 heteroatoms. The van der Waals surface area contributed by atoms with Crippen molar-refractivity contribution in [3.63, 3.8) is 0 Å². The molecule has 0 atom stereocenters. The van der Waals surface area contributed by atoms with Gasteiger partial charge in [-0.2, -0.15) is 0 Å². The van der Waals surface area contributed by atoms with Gasteiger partial charge in [-0.25, -0.2) is 9.69 Å². The van der Waals surface area contributed by atoms with Crippen molar-refractivity contribution in [1.29, 1.82) is 0 Å². The predicted molar refractivity (Wildman–Crippen MR) is 64.3 cm³/mol. The van der Waals surface area contributed by atoms with Crippen LogP contribution in [0.1, 0.15) is 26.3 Å². The van der Waals surface area contributed by atoms with Crippen LogP contribution in [0.15, 0.2) is 30.3 Å². The van der Waals surface area contributed by atoms with E-state index in [4.69, 9.17) is 4.74 Å². The molecular formula is C13H17NO3. The Balaban J connectivity index is 2.66. The Morgan fingerprint density at radius 3 is 2.35 bits per heavy atom. The highest BCUT2D eigenvalue weighted by molar-refractivity contribution is 5.80. The van der Waals surface area contributed by atoms with Gasteiger partial charge in [0.25, 0.3) is 0 Å². The molecule has 0 unspecified atom stereocenters. The fourth-order valence-electron chi connectivity index (χ4n) is 1.25. The largest absolute Gasteiger partial charge is 0.443 e. The predicted octanol–water partition coefficient (Wildman–Crippen LogP) is 2.58. The Labute approximate surface area is 101 Å². The first-order valence-corrected chi connectivity index (χ1v) is 5.41. The molecule has 17 heavy (non-hydrogen) atoms. The Morgan fingerprint density at radius 1 is 1.29 bits per heavy atom. The molecule has 0 heterocycles. The normalized spacial score (nSPS) is 10.8. The van der Waals surface area contributed by atoms with Gasteiger partial charge in [0.15, 0.2) is 0 Å². The standard InChI is InChI=1S/C13H17NO3/c1-13(2,3)17-12(16)14(10-15)9-11-7-5-4-6-8-11/h4-8,10H,9H2,1-3H3. The Kier molecular flexibility index (Phi) is 4.26. The molecule has 0 spiro atoms. The van der Waals surface area contributed by atoms with E-state index in [2.05, 4.69) is 0 Å². The minimum atomic E-state index is -0.628. The number of nitrogens with zero attached hydrogens (tertiary/aromatic N) is 1. The summed E-state index contributed by atoms with van der Waals surface area (Å²) in [6, 6.07) is 9.28. The minimum absolute atomic E-state index is 0.221. The maximum atomic E-state index is 11.7. The lowest BCUT2D eigenvalue weighted by Gasteiger charge is -2.23. The second kappa shape index (κ2) is 5.48. The summed E-state index contributed by atoms with van der Waals surface area (Å²) in [6.07, 6.45) is -0.141. The number of imide groups is 1. The van der Waals surface area contributed by atoms with Crippen LogP contribution in [-0.4, -0.2) is 23.0 Å². The van der Waals surface area contributed by atoms with E-state index >= 15 is 0 Å². The van der Waals surface area contributed by atoms with Crippen molar-refractivity contribution in [2.45, 2.75) is 32.9 Å². The van der Waals surface area contributed by atoms with E-state index in [0.29, 0.717) is 6.41 Å². The summed E-state index contributed by atoms with van der Waals surface area (Å²) in [6.45, 7) is 5.50. The van der Waals surface area contributed by atoms with E-state index < -0.39 is 11.7 Å². The van der Waals surface area contributed by atoms with Gasteiger partial charge in [-0.15, -0.1) is 0 Å². The first kappa shape index (κ1) is 13.2. The molecule has 0 radical (unpaired) electrons. The second-order valence-corrected chi connectivity index (χ2v) is 4.70. The smallest absolute Gasteiger partial charge is 0.417 e. The molecule has 0 saturated carbocycles. The number of hydrogen-bond acceptors (Lipinski definition) is 3. The number of carbonyl (C=O) groups is 2. The molecule has 2 amide bonds. The second-order valence-electron chi connectivity index (χ2n) is 4.70. The van der Waals surface area contributed by atoms with Crippen LogP contribution in [-0.2, 0) is 16.1 Å². The van der Waals surface area contributed by atoms with E-state index in [9.17, 15) is 9.59 Å². The minimum Gasteiger partial charge on any atom is -0.443 e. The van der Waals surface area contributed by atoms with Crippen molar-refractivity contribution in [3.05, 3.63) is 35.9 Å². The zero-order valence-electron chi connectivity index (χ0n) is 10.3. The van der Waals surface area contributed by atoms with Crippen molar-refractivity contribution in [2.75, 3.05) is 0 Å². The average molecular weight is 235 g/mol. The van der Waals surface area contributed by atoms with Crippen molar-refractivity contribution < 1.29 is 14.3 Å². The SMILES string of the molecule is CC(C)(C)OC(=O)N(C=O)Cc1ccccc1. The van der Waals surface area contributed by atoms with Crippen LogP contribution in [0.3, 0.4) is 0 Å². The van der Waals surface area contributed by atoms with Gasteiger partial charge in [-0.05, 0) is 26.3 Å². The maximum absolute atomic E-state index is 11.7. The monoisotopic (exact) mass is 235 g/mol. The van der Waals surface area contributed by atoms with Crippen LogP contribution in [0.4, 0.5) is 4.79 Å². The van der Waals surface area contributed by atoms with Gasteiger partial charge < -0.3 is 4.74 Å². The molecule has 0 aromatic heterocycles. The van der Waals surface area contributed by atoms with Crippen LogP contribution in [0.2, 0.25) is 0 Å². The van der Waals surface area contributed by atoms with E-state index in [1.165, 1.54) is 0 Å². The summed E-state index contributed by atoms with van der Waals surface area (Å²) in [5.41, 5.74) is 0.278. The van der Waals surface area contributed by atoms with E-state index in [1.807, 2.05) is 30.3 Å². The lowest BCUT2D eigenvalue weighted by atomic mass is 10.2. The molecule has 0 aliphatic carbocycles. The quantitative estimate of drug-likeness (QED) is 0.756. The fourth-order valence-corrected chi connectivity index (χ4v) is 1.25. The Bertz CT molecular complexity index is 381. The highest BCUT2D eigenvalue weighted by Crippen LogP contribution is 2.11. The van der Waals surface area contributed by atoms with Gasteiger partial charge in [0.1, 0.15) is 5.60 Å². The molecule has 0 aliphatic rings. The number of hydrogen-bond donors (Lipinski definition) is 0. The summed E-state index contributed by atoms with van der Waals surface area (Å²) in [5, 5.41) is 0. The third kappa shape index (κ3) is 4.68. The van der Waals surface area contributed by atoms with Crippen LogP contribution in [0.25, 0.3) is 0 Å². The maximum Gasteiger partial charge on any atom is 0.417 e. The molecule has 1 aromatic carbocycles. The van der Waals surface area contributed by atoms with Crippen molar-refractivity contribution in [1.82, 2.24) is 4.90 Å². The first-order valence-electron chi connectivity index (χ1n) is 5.41. The van der Waals surface area contributed by atoms with Gasteiger partial charge >= 0.3 is 6.09 Å². The lowest BCUT2D eigenvalue weighted by molar-refractivity contribution is -0.118. The highest BCUT2D eigenvalue weighted by Gasteiger charge is 2.21. The third-order valence-corrected chi connectivity index (χ3v) is 1.95. The van der Waals surface area contributed by atoms with Crippen molar-refractivity contribution in [2.24, 2.45) is 0 Å². The number of carbonyl (C=O) groups excluding carboxylic acids is 2. The Hall–Kier alpha value is -1.84. The highest BCUT2D eigenvalue weighted by atomic mass is 16.6. The van der Waals surface area contributed by atoms with Crippen LogP contribution >= 0.6 is 0 Å². The molecule has 0 aliphatic heterocycles. The summed E-state index contributed by atoms with van der Waals surface area (Å²) in [7, 11) is 0. The number of rotatable bonds is 3. The topological polar surface area (TPSA) is 46.6 Å². The zero-order valence-corrected chi connectivity index (χ0v) is 10.3.